The second kappa shape index (κ2) is 10.8. The van der Waals surface area contributed by atoms with Crippen LogP contribution in [-0.4, -0.2) is 74.9 Å². The maximum Gasteiger partial charge on any atom is 0.303 e. The molecule has 13 nitrogen and oxygen atoms in total. The number of carbonyl (C=O) groups is 4. The Morgan fingerprint density at radius 1 is 0.882 bits per heavy atom. The molecule has 0 saturated carbocycles. The Bertz CT molecular complexity index is 1040. The molecule has 2 aromatic heterocycles. The van der Waals surface area contributed by atoms with E-state index < -0.39 is 54.5 Å². The van der Waals surface area contributed by atoms with Crippen LogP contribution in [0, 0.1) is 0 Å². The quantitative estimate of drug-likeness (QED) is 0.405. The Labute approximate surface area is 194 Å². The van der Waals surface area contributed by atoms with Gasteiger partial charge in [0.25, 0.3) is 0 Å². The van der Waals surface area contributed by atoms with E-state index in [1.54, 1.807) is 24.4 Å². The molecule has 0 radical (unpaired) electrons. The van der Waals surface area contributed by atoms with Crippen LogP contribution >= 0.6 is 0 Å². The number of carbonyl (C=O) groups excluding carboxylic acids is 4. The van der Waals surface area contributed by atoms with E-state index >= 15 is 0 Å². The Morgan fingerprint density at radius 2 is 1.53 bits per heavy atom. The highest BCUT2D eigenvalue weighted by Gasteiger charge is 2.53. The molecule has 0 amide bonds. The van der Waals surface area contributed by atoms with Crippen molar-refractivity contribution in [3.63, 3.8) is 0 Å². The van der Waals surface area contributed by atoms with Gasteiger partial charge in [0.1, 0.15) is 18.4 Å². The summed E-state index contributed by atoms with van der Waals surface area (Å²) in [6.45, 7) is 4.32. The fourth-order valence-corrected chi connectivity index (χ4v) is 3.45. The van der Waals surface area contributed by atoms with Crippen LogP contribution in [0.3, 0.4) is 0 Å². The number of esters is 4. The van der Waals surface area contributed by atoms with Gasteiger partial charge in [0.2, 0.25) is 0 Å². The van der Waals surface area contributed by atoms with Crippen LogP contribution < -0.4 is 0 Å². The lowest BCUT2D eigenvalue weighted by Crippen LogP contribution is -2.60. The molecule has 0 N–H and O–H groups in total. The van der Waals surface area contributed by atoms with E-state index in [1.807, 2.05) is 0 Å². The Morgan fingerprint density at radius 3 is 2.12 bits per heavy atom. The highest BCUT2D eigenvalue weighted by atomic mass is 16.7. The number of hydrogen-bond donors (Lipinski definition) is 0. The van der Waals surface area contributed by atoms with Gasteiger partial charge in [-0.15, -0.1) is 5.10 Å². The molecule has 0 aliphatic carbocycles. The van der Waals surface area contributed by atoms with Gasteiger partial charge >= 0.3 is 23.9 Å². The van der Waals surface area contributed by atoms with Crippen LogP contribution in [0.2, 0.25) is 0 Å². The van der Waals surface area contributed by atoms with E-state index in [2.05, 4.69) is 15.3 Å². The van der Waals surface area contributed by atoms with Gasteiger partial charge < -0.3 is 23.7 Å². The third-order valence-electron chi connectivity index (χ3n) is 4.66. The van der Waals surface area contributed by atoms with Gasteiger partial charge in [-0.1, -0.05) is 11.3 Å². The fourth-order valence-electron chi connectivity index (χ4n) is 3.45. The molecule has 2 aromatic rings. The van der Waals surface area contributed by atoms with Crippen LogP contribution in [0.15, 0.2) is 30.6 Å². The van der Waals surface area contributed by atoms with Crippen LogP contribution in [0.25, 0.3) is 11.4 Å². The first kappa shape index (κ1) is 24.8. The number of hydrogen-bond acceptors (Lipinski definition) is 12. The normalized spacial score (nSPS) is 24.1. The molecule has 3 rings (SSSR count). The topological polar surface area (TPSA) is 158 Å². The molecule has 182 valence electrons. The molecule has 0 bridgehead atoms. The molecule has 1 aliphatic rings. The molecular weight excluding hydrogens is 452 g/mol. The Balaban J connectivity index is 2.03. The average Bonchev–Trinajstić information content (AvgIpc) is 3.25. The van der Waals surface area contributed by atoms with Crippen molar-refractivity contribution in [2.45, 2.75) is 58.3 Å². The van der Waals surface area contributed by atoms with Crippen molar-refractivity contribution in [1.82, 2.24) is 20.0 Å². The first-order valence-corrected chi connectivity index (χ1v) is 10.3. The van der Waals surface area contributed by atoms with E-state index in [-0.39, 0.29) is 6.61 Å². The zero-order valence-corrected chi connectivity index (χ0v) is 18.9. The monoisotopic (exact) mass is 476 g/mol. The summed E-state index contributed by atoms with van der Waals surface area (Å²) in [4.78, 5) is 51.3. The minimum atomic E-state index is -1.30. The van der Waals surface area contributed by atoms with Crippen LogP contribution in [0.5, 0.6) is 0 Å². The molecule has 13 heteroatoms. The second-order valence-corrected chi connectivity index (χ2v) is 7.39. The van der Waals surface area contributed by atoms with Gasteiger partial charge in [-0.25, -0.2) is 4.68 Å². The highest BCUT2D eigenvalue weighted by molar-refractivity contribution is 5.68. The summed E-state index contributed by atoms with van der Waals surface area (Å²) in [5.74, 6) is -2.75. The van der Waals surface area contributed by atoms with Gasteiger partial charge in [0.15, 0.2) is 24.5 Å². The van der Waals surface area contributed by atoms with E-state index in [9.17, 15) is 19.2 Å². The number of aromatic nitrogens is 4. The third kappa shape index (κ3) is 6.13. The van der Waals surface area contributed by atoms with Crippen LogP contribution in [0.4, 0.5) is 0 Å². The molecule has 0 aromatic carbocycles. The van der Waals surface area contributed by atoms with E-state index in [0.717, 1.165) is 20.8 Å². The van der Waals surface area contributed by atoms with Gasteiger partial charge in [0.05, 0.1) is 11.9 Å². The van der Waals surface area contributed by atoms with Crippen molar-refractivity contribution >= 4 is 23.9 Å². The van der Waals surface area contributed by atoms with Crippen molar-refractivity contribution in [3.05, 3.63) is 30.6 Å². The van der Waals surface area contributed by atoms with Crippen molar-refractivity contribution in [3.8, 4) is 11.4 Å². The van der Waals surface area contributed by atoms with Gasteiger partial charge in [-0.2, -0.15) is 0 Å². The summed E-state index contributed by atoms with van der Waals surface area (Å²) in [7, 11) is 0. The summed E-state index contributed by atoms with van der Waals surface area (Å²) in [5, 5.41) is 8.14. The zero-order chi connectivity index (χ0) is 24.8. The highest BCUT2D eigenvalue weighted by Crippen LogP contribution is 2.34. The Kier molecular flexibility index (Phi) is 7.89. The molecule has 0 spiro atoms. The van der Waals surface area contributed by atoms with E-state index in [1.165, 1.54) is 17.8 Å². The lowest BCUT2D eigenvalue weighted by atomic mass is 9.97. The lowest BCUT2D eigenvalue weighted by molar-refractivity contribution is -0.270. The molecule has 1 aliphatic heterocycles. The van der Waals surface area contributed by atoms with Crippen molar-refractivity contribution in [2.75, 3.05) is 6.61 Å². The summed E-state index contributed by atoms with van der Waals surface area (Å²) in [5.41, 5.74) is 0.924. The molecule has 1 saturated heterocycles. The summed E-state index contributed by atoms with van der Waals surface area (Å²) >= 11 is 0. The summed E-state index contributed by atoms with van der Waals surface area (Å²) in [6, 6.07) is 5.24. The second-order valence-electron chi connectivity index (χ2n) is 7.39. The third-order valence-corrected chi connectivity index (χ3v) is 4.66. The maximum atomic E-state index is 11.9. The summed E-state index contributed by atoms with van der Waals surface area (Å²) < 4.78 is 28.5. The molecular formula is C21H24N4O9. The first-order chi connectivity index (χ1) is 16.2. The predicted molar refractivity (Wildman–Crippen MR) is 110 cm³/mol. The Hall–Kier alpha value is -3.87. The van der Waals surface area contributed by atoms with Crippen LogP contribution in [-0.2, 0) is 42.9 Å². The smallest absolute Gasteiger partial charge is 0.303 e. The SMILES string of the molecule is CC(=O)OC[C@@H]1O[C@H](n2cc(-c3ccccn3)nn2)[C@@H](OC(C)=O)[C@H](OC(C)=O)[C@H]1OC(C)=O. The minimum absolute atomic E-state index is 0.337. The average molecular weight is 476 g/mol. The largest absolute Gasteiger partial charge is 0.463 e. The van der Waals surface area contributed by atoms with Crippen molar-refractivity contribution in [1.29, 1.82) is 0 Å². The van der Waals surface area contributed by atoms with E-state index in [0.29, 0.717) is 11.4 Å². The van der Waals surface area contributed by atoms with Crippen LogP contribution in [0.1, 0.15) is 33.9 Å². The van der Waals surface area contributed by atoms with E-state index in [4.69, 9.17) is 23.7 Å². The minimum Gasteiger partial charge on any atom is -0.463 e. The van der Waals surface area contributed by atoms with Crippen molar-refractivity contribution < 1.29 is 42.9 Å². The first-order valence-electron chi connectivity index (χ1n) is 10.3. The lowest BCUT2D eigenvalue weighted by Gasteiger charge is -2.44. The fraction of sp³-hybridized carbons (Fsp3) is 0.476. The molecule has 3 heterocycles. The predicted octanol–water partition coefficient (Wildman–Crippen LogP) is 0.596. The number of rotatable bonds is 7. The van der Waals surface area contributed by atoms with Gasteiger partial charge in [-0.3, -0.25) is 24.2 Å². The number of ether oxygens (including phenoxy) is 5. The summed E-state index contributed by atoms with van der Waals surface area (Å²) in [6.07, 6.45) is -3.00. The van der Waals surface area contributed by atoms with Crippen molar-refractivity contribution in [2.24, 2.45) is 0 Å². The number of nitrogens with zero attached hydrogens (tertiary/aromatic N) is 4. The maximum absolute atomic E-state index is 11.9. The van der Waals surface area contributed by atoms with Gasteiger partial charge in [-0.05, 0) is 12.1 Å². The zero-order valence-electron chi connectivity index (χ0n) is 18.9. The molecule has 34 heavy (non-hydrogen) atoms. The van der Waals surface area contributed by atoms with Gasteiger partial charge in [0, 0.05) is 33.9 Å². The standard InChI is InChI=1S/C21H24N4O9/c1-11(26)30-10-17-18(31-12(2)27)19(32-13(3)28)20(33-14(4)29)21(34-17)25-9-16(23-24-25)15-7-5-6-8-22-15/h5-9,17-21H,10H2,1-4H3/t17-,18-,19+,20-,21-/m0/s1. The number of pyridine rings is 1. The molecule has 0 unspecified atom stereocenters. The molecule has 5 atom stereocenters. The molecule has 1 fully saturated rings.